The molecule has 9 aromatic carbocycles. The summed E-state index contributed by atoms with van der Waals surface area (Å²) in [6.45, 7) is 0. The van der Waals surface area contributed by atoms with Crippen molar-refractivity contribution in [2.45, 2.75) is 0 Å². The molecule has 0 bridgehead atoms. The van der Waals surface area contributed by atoms with Crippen molar-refractivity contribution in [3.63, 3.8) is 0 Å². The molecule has 3 nitrogen and oxygen atoms in total. The normalized spacial score (nSPS) is 12.0. The predicted octanol–water partition coefficient (Wildman–Crippen LogP) is 14.3. The molecule has 0 aliphatic carbocycles. The van der Waals surface area contributed by atoms with Crippen LogP contribution in [0.5, 0.6) is 0 Å². The molecule has 0 atom stereocenters. The van der Waals surface area contributed by atoms with Crippen molar-refractivity contribution in [3.05, 3.63) is 194 Å². The number of fused-ring (bicyclic) bond motifs is 10. The summed E-state index contributed by atoms with van der Waals surface area (Å²) in [7, 11) is 0. The first-order chi connectivity index (χ1) is 27.3. The SMILES string of the molecule is c1ccc(-c2ccc3oc4cccc(-n5c6ccccc6c6cc(-c7ccc8c(c7)c7ccccc7n8-c7ccc8ccccc8c7)ccc65)c4c3c2)cc1. The van der Waals surface area contributed by atoms with Crippen LogP contribution in [-0.2, 0) is 0 Å². The lowest BCUT2D eigenvalue weighted by molar-refractivity contribution is 0.669. The number of para-hydroxylation sites is 2. The molecule has 3 heterocycles. The fraction of sp³-hybridized carbons (Fsp3) is 0. The van der Waals surface area contributed by atoms with E-state index in [0.717, 1.165) is 27.6 Å². The number of hydrogen-bond acceptors (Lipinski definition) is 1. The van der Waals surface area contributed by atoms with Gasteiger partial charge in [0.25, 0.3) is 0 Å². The average Bonchev–Trinajstić information content (AvgIpc) is 3.91. The summed E-state index contributed by atoms with van der Waals surface area (Å²) >= 11 is 0. The Labute approximate surface area is 316 Å². The van der Waals surface area contributed by atoms with Gasteiger partial charge in [-0.25, -0.2) is 0 Å². The summed E-state index contributed by atoms with van der Waals surface area (Å²) < 4.78 is 11.3. The molecule has 0 saturated heterocycles. The van der Waals surface area contributed by atoms with Crippen LogP contribution >= 0.6 is 0 Å². The third-order valence-corrected chi connectivity index (χ3v) is 11.5. The van der Waals surface area contributed by atoms with Crippen LogP contribution in [0.15, 0.2) is 199 Å². The summed E-state index contributed by atoms with van der Waals surface area (Å²) in [5, 5.41) is 9.67. The van der Waals surface area contributed by atoms with Crippen LogP contribution in [0.4, 0.5) is 0 Å². The Morgan fingerprint density at radius 2 is 0.891 bits per heavy atom. The van der Waals surface area contributed by atoms with Crippen molar-refractivity contribution in [1.82, 2.24) is 9.13 Å². The van der Waals surface area contributed by atoms with Gasteiger partial charge >= 0.3 is 0 Å². The Balaban J connectivity index is 1.04. The number of nitrogens with zero attached hydrogens (tertiary/aromatic N) is 2. The molecule has 0 spiro atoms. The zero-order valence-electron chi connectivity index (χ0n) is 29.8. The van der Waals surface area contributed by atoms with Gasteiger partial charge in [-0.3, -0.25) is 0 Å². The molecule has 256 valence electrons. The first-order valence-electron chi connectivity index (χ1n) is 18.8. The Morgan fingerprint density at radius 3 is 1.65 bits per heavy atom. The summed E-state index contributed by atoms with van der Waals surface area (Å²) in [4.78, 5) is 0. The zero-order chi connectivity index (χ0) is 36.0. The zero-order valence-corrected chi connectivity index (χ0v) is 29.8. The van der Waals surface area contributed by atoms with Crippen molar-refractivity contribution >= 4 is 76.3 Å². The minimum atomic E-state index is 0.886. The van der Waals surface area contributed by atoms with Crippen LogP contribution in [0.3, 0.4) is 0 Å². The van der Waals surface area contributed by atoms with Gasteiger partial charge in [0.15, 0.2) is 0 Å². The van der Waals surface area contributed by atoms with E-state index in [0.29, 0.717) is 0 Å². The highest BCUT2D eigenvalue weighted by molar-refractivity contribution is 6.16. The monoisotopic (exact) mass is 700 g/mol. The summed E-state index contributed by atoms with van der Waals surface area (Å²) in [5.74, 6) is 0. The van der Waals surface area contributed by atoms with Crippen molar-refractivity contribution in [1.29, 1.82) is 0 Å². The van der Waals surface area contributed by atoms with E-state index in [1.165, 1.54) is 82.3 Å². The van der Waals surface area contributed by atoms with Gasteiger partial charge in [0.2, 0.25) is 0 Å². The maximum absolute atomic E-state index is 6.48. The van der Waals surface area contributed by atoms with Gasteiger partial charge in [0.1, 0.15) is 11.2 Å². The Bertz CT molecular complexity index is 3490. The molecule has 0 aliphatic rings. The van der Waals surface area contributed by atoms with E-state index in [2.05, 4.69) is 203 Å². The molecular formula is C52H32N2O. The molecule has 3 heteroatoms. The number of hydrogen-bond donors (Lipinski definition) is 0. The molecular weight excluding hydrogens is 669 g/mol. The van der Waals surface area contributed by atoms with Gasteiger partial charge in [0.05, 0.1) is 33.1 Å². The van der Waals surface area contributed by atoms with Crippen LogP contribution in [0.25, 0.3) is 110 Å². The molecule has 0 unspecified atom stereocenters. The molecule has 3 aromatic heterocycles. The highest BCUT2D eigenvalue weighted by Crippen LogP contribution is 2.42. The second-order valence-electron chi connectivity index (χ2n) is 14.5. The number of furan rings is 1. The van der Waals surface area contributed by atoms with E-state index in [-0.39, 0.29) is 0 Å². The van der Waals surface area contributed by atoms with E-state index in [9.17, 15) is 0 Å². The van der Waals surface area contributed by atoms with Gasteiger partial charge in [-0.05, 0) is 106 Å². The third kappa shape index (κ3) is 4.50. The minimum Gasteiger partial charge on any atom is -0.456 e. The first-order valence-corrected chi connectivity index (χ1v) is 18.8. The van der Waals surface area contributed by atoms with E-state index in [4.69, 9.17) is 4.42 Å². The highest BCUT2D eigenvalue weighted by atomic mass is 16.3. The summed E-state index contributed by atoms with van der Waals surface area (Å²) in [5.41, 5.74) is 13.6. The Hall–Kier alpha value is -7.36. The predicted molar refractivity (Wildman–Crippen MR) is 231 cm³/mol. The minimum absolute atomic E-state index is 0.886. The van der Waals surface area contributed by atoms with Gasteiger partial charge in [-0.2, -0.15) is 0 Å². The lowest BCUT2D eigenvalue weighted by Gasteiger charge is -2.11. The van der Waals surface area contributed by atoms with Gasteiger partial charge in [-0.1, -0.05) is 121 Å². The fourth-order valence-electron chi connectivity index (χ4n) is 8.96. The van der Waals surface area contributed by atoms with Crippen LogP contribution in [0.2, 0.25) is 0 Å². The Kier molecular flexibility index (Phi) is 6.34. The third-order valence-electron chi connectivity index (χ3n) is 11.5. The smallest absolute Gasteiger partial charge is 0.137 e. The van der Waals surface area contributed by atoms with Crippen LogP contribution < -0.4 is 0 Å². The maximum Gasteiger partial charge on any atom is 0.137 e. The van der Waals surface area contributed by atoms with Crippen LogP contribution in [-0.4, -0.2) is 9.13 Å². The van der Waals surface area contributed by atoms with Crippen molar-refractivity contribution in [2.75, 3.05) is 0 Å². The molecule has 0 saturated carbocycles. The van der Waals surface area contributed by atoms with Gasteiger partial charge < -0.3 is 13.6 Å². The molecule has 0 aliphatic heterocycles. The molecule has 12 rings (SSSR count). The summed E-state index contributed by atoms with van der Waals surface area (Å²) in [6.07, 6.45) is 0. The molecule has 55 heavy (non-hydrogen) atoms. The van der Waals surface area contributed by atoms with Crippen LogP contribution in [0.1, 0.15) is 0 Å². The van der Waals surface area contributed by atoms with Gasteiger partial charge in [-0.15, -0.1) is 0 Å². The molecule has 0 radical (unpaired) electrons. The fourth-order valence-corrected chi connectivity index (χ4v) is 8.96. The van der Waals surface area contributed by atoms with Crippen LogP contribution in [0, 0.1) is 0 Å². The molecule has 12 aromatic rings. The largest absolute Gasteiger partial charge is 0.456 e. The summed E-state index contributed by atoms with van der Waals surface area (Å²) in [6, 6.07) is 70.3. The van der Waals surface area contributed by atoms with Crippen molar-refractivity contribution in [2.24, 2.45) is 0 Å². The molecule has 0 fully saturated rings. The number of benzene rings is 9. The van der Waals surface area contributed by atoms with Crippen molar-refractivity contribution in [3.8, 4) is 33.6 Å². The highest BCUT2D eigenvalue weighted by Gasteiger charge is 2.19. The first kappa shape index (κ1) is 30.1. The quantitative estimate of drug-likeness (QED) is 0.179. The van der Waals surface area contributed by atoms with Gasteiger partial charge in [0, 0.05) is 32.6 Å². The topological polar surface area (TPSA) is 23.0 Å². The molecule has 0 amide bonds. The second-order valence-corrected chi connectivity index (χ2v) is 14.5. The van der Waals surface area contributed by atoms with E-state index in [1.54, 1.807) is 0 Å². The average molecular weight is 701 g/mol. The standard InChI is InChI=1S/C52H32N2O/c1-2-11-33(12-3-1)36-24-28-50-44(32-36)52-49(19-10-20-51(52)55-50)54-46-18-9-7-16-41(46)43-31-38(23-27-48(43)54)37-22-26-47-42(30-37)40-15-6-8-17-45(40)53(47)39-25-21-34-13-4-5-14-35(34)29-39/h1-32H. The number of aromatic nitrogens is 2. The lowest BCUT2D eigenvalue weighted by Crippen LogP contribution is -1.94. The second kappa shape index (κ2) is 11.6. The lowest BCUT2D eigenvalue weighted by atomic mass is 10.0. The molecule has 0 N–H and O–H groups in total. The van der Waals surface area contributed by atoms with E-state index < -0.39 is 0 Å². The maximum atomic E-state index is 6.48. The number of rotatable bonds is 4. The van der Waals surface area contributed by atoms with Crippen molar-refractivity contribution < 1.29 is 4.42 Å². The Morgan fingerprint density at radius 1 is 0.309 bits per heavy atom. The van der Waals surface area contributed by atoms with E-state index in [1.807, 2.05) is 0 Å². The van der Waals surface area contributed by atoms with E-state index >= 15 is 0 Å².